The highest BCUT2D eigenvalue weighted by Crippen LogP contribution is 2.44. The summed E-state index contributed by atoms with van der Waals surface area (Å²) in [6.07, 6.45) is 3.85. The van der Waals surface area contributed by atoms with Gasteiger partial charge in [0, 0.05) is 30.8 Å². The largest absolute Gasteiger partial charge is 0.481 e. The van der Waals surface area contributed by atoms with Crippen LogP contribution < -0.4 is 10.6 Å². The first kappa shape index (κ1) is 24.8. The fraction of sp³-hybridized carbons (Fsp3) is 0.464. The highest BCUT2D eigenvalue weighted by Gasteiger charge is 2.29. The molecule has 2 aromatic rings. The van der Waals surface area contributed by atoms with Crippen LogP contribution in [0.5, 0.6) is 0 Å². The summed E-state index contributed by atoms with van der Waals surface area (Å²) in [5, 5.41) is 14.8. The number of benzene rings is 2. The Bertz CT molecular complexity index is 1020. The molecule has 0 bridgehead atoms. The van der Waals surface area contributed by atoms with Crippen LogP contribution in [0.3, 0.4) is 0 Å². The van der Waals surface area contributed by atoms with E-state index in [9.17, 15) is 14.4 Å². The fourth-order valence-electron chi connectivity index (χ4n) is 5.42. The van der Waals surface area contributed by atoms with Crippen molar-refractivity contribution in [2.75, 3.05) is 6.61 Å². The minimum atomic E-state index is -0.778. The van der Waals surface area contributed by atoms with Gasteiger partial charge in [-0.15, -0.1) is 0 Å². The van der Waals surface area contributed by atoms with Crippen molar-refractivity contribution in [2.24, 2.45) is 5.92 Å². The van der Waals surface area contributed by atoms with Crippen molar-refractivity contribution in [1.82, 2.24) is 10.6 Å². The Kier molecular flexibility index (Phi) is 8.06. The molecule has 1 saturated carbocycles. The molecule has 2 aromatic carbocycles. The van der Waals surface area contributed by atoms with Crippen molar-refractivity contribution in [3.8, 4) is 11.1 Å². The van der Waals surface area contributed by atoms with Crippen LogP contribution in [0, 0.1) is 5.92 Å². The van der Waals surface area contributed by atoms with Crippen LogP contribution in [-0.4, -0.2) is 41.8 Å². The topological polar surface area (TPSA) is 105 Å². The number of aliphatic carboxylic acids is 1. The third kappa shape index (κ3) is 6.41. The number of carboxylic acids is 1. The van der Waals surface area contributed by atoms with E-state index in [1.165, 1.54) is 22.3 Å². The van der Waals surface area contributed by atoms with Gasteiger partial charge in [0.05, 0.1) is 0 Å². The summed E-state index contributed by atoms with van der Waals surface area (Å²) >= 11 is 0. The first-order valence-corrected chi connectivity index (χ1v) is 12.5. The van der Waals surface area contributed by atoms with E-state index in [1.807, 2.05) is 31.2 Å². The Morgan fingerprint density at radius 1 is 1.03 bits per heavy atom. The molecular weight excluding hydrogens is 444 g/mol. The smallest absolute Gasteiger partial charge is 0.407 e. The number of rotatable bonds is 10. The van der Waals surface area contributed by atoms with Crippen LogP contribution in [0.2, 0.25) is 0 Å². The normalized spacial score (nSPS) is 19.5. The number of carbonyl (C=O) groups is 3. The second kappa shape index (κ2) is 11.4. The van der Waals surface area contributed by atoms with Crippen LogP contribution in [0.15, 0.2) is 48.5 Å². The summed E-state index contributed by atoms with van der Waals surface area (Å²) in [4.78, 5) is 35.5. The van der Waals surface area contributed by atoms with Crippen LogP contribution in [0.1, 0.15) is 68.9 Å². The molecule has 0 heterocycles. The highest BCUT2D eigenvalue weighted by atomic mass is 16.5. The summed E-state index contributed by atoms with van der Waals surface area (Å²) in [5.41, 5.74) is 4.74. The molecule has 2 aliphatic rings. The van der Waals surface area contributed by atoms with Gasteiger partial charge in [0.15, 0.2) is 0 Å². The maximum atomic E-state index is 12.4. The molecule has 0 spiro atoms. The monoisotopic (exact) mass is 478 g/mol. The van der Waals surface area contributed by atoms with Crippen molar-refractivity contribution in [3.05, 3.63) is 59.7 Å². The third-order valence-electron chi connectivity index (χ3n) is 7.12. The summed E-state index contributed by atoms with van der Waals surface area (Å²) in [6, 6.07) is 16.4. The molecule has 2 amide bonds. The van der Waals surface area contributed by atoms with Gasteiger partial charge in [0.25, 0.3) is 0 Å². The van der Waals surface area contributed by atoms with Gasteiger partial charge in [0.1, 0.15) is 6.61 Å². The van der Waals surface area contributed by atoms with Crippen molar-refractivity contribution < 1.29 is 24.2 Å². The molecule has 7 heteroatoms. The van der Waals surface area contributed by atoms with Gasteiger partial charge in [-0.1, -0.05) is 48.5 Å². The molecule has 35 heavy (non-hydrogen) atoms. The number of ether oxygens (including phenoxy) is 1. The quantitative estimate of drug-likeness (QED) is 0.453. The van der Waals surface area contributed by atoms with Crippen molar-refractivity contribution in [1.29, 1.82) is 0 Å². The van der Waals surface area contributed by atoms with Crippen LogP contribution in [-0.2, 0) is 14.3 Å². The number of fused-ring (bicyclic) bond motifs is 3. The van der Waals surface area contributed by atoms with Gasteiger partial charge in [-0.3, -0.25) is 9.59 Å². The minimum Gasteiger partial charge on any atom is -0.481 e. The van der Waals surface area contributed by atoms with Crippen molar-refractivity contribution in [2.45, 2.75) is 69.9 Å². The fourth-order valence-corrected chi connectivity index (χ4v) is 5.42. The Labute approximate surface area is 206 Å². The van der Waals surface area contributed by atoms with E-state index >= 15 is 0 Å². The van der Waals surface area contributed by atoms with E-state index in [0.29, 0.717) is 19.3 Å². The Morgan fingerprint density at radius 2 is 1.69 bits per heavy atom. The van der Waals surface area contributed by atoms with E-state index in [1.54, 1.807) is 0 Å². The zero-order chi connectivity index (χ0) is 24.8. The molecule has 0 radical (unpaired) electrons. The molecular formula is C28H34N2O5. The number of carboxylic acid groups (broad SMARTS) is 1. The molecule has 3 unspecified atom stereocenters. The number of hydrogen-bond acceptors (Lipinski definition) is 4. The second-order valence-corrected chi connectivity index (χ2v) is 9.80. The lowest BCUT2D eigenvalue weighted by Crippen LogP contribution is -2.35. The number of carbonyl (C=O) groups excluding carboxylic acids is 2. The van der Waals surface area contributed by atoms with Crippen LogP contribution in [0.25, 0.3) is 11.1 Å². The van der Waals surface area contributed by atoms with Gasteiger partial charge in [-0.25, -0.2) is 4.79 Å². The van der Waals surface area contributed by atoms with Gasteiger partial charge >= 0.3 is 12.1 Å². The summed E-state index contributed by atoms with van der Waals surface area (Å²) in [6.45, 7) is 2.19. The number of alkyl carbamates (subject to hydrolysis) is 1. The van der Waals surface area contributed by atoms with Crippen molar-refractivity contribution >= 4 is 18.0 Å². The minimum absolute atomic E-state index is 0.0145. The number of amides is 2. The molecule has 4 rings (SSSR count). The molecule has 1 fully saturated rings. The summed E-state index contributed by atoms with van der Waals surface area (Å²) in [7, 11) is 0. The van der Waals surface area contributed by atoms with E-state index in [0.717, 1.165) is 19.3 Å². The van der Waals surface area contributed by atoms with Gasteiger partial charge in [-0.05, 0) is 67.2 Å². The number of hydrogen-bond donors (Lipinski definition) is 3. The molecule has 186 valence electrons. The van der Waals surface area contributed by atoms with Crippen LogP contribution in [0.4, 0.5) is 4.79 Å². The van der Waals surface area contributed by atoms with E-state index in [-0.39, 0.29) is 42.9 Å². The first-order chi connectivity index (χ1) is 16.9. The first-order valence-electron chi connectivity index (χ1n) is 12.5. The highest BCUT2D eigenvalue weighted by molar-refractivity contribution is 5.79. The average molecular weight is 479 g/mol. The molecule has 7 nitrogen and oxygen atoms in total. The molecule has 0 aliphatic heterocycles. The third-order valence-corrected chi connectivity index (χ3v) is 7.12. The SMILES string of the molecule is CC(CCCC(=O)NC1CCC(CC(=O)O)C1)NC(=O)OCC1c2ccccc2-c2ccccc21. The predicted octanol–water partition coefficient (Wildman–Crippen LogP) is 4.84. The van der Waals surface area contributed by atoms with Gasteiger partial charge < -0.3 is 20.5 Å². The molecule has 3 atom stereocenters. The lowest BCUT2D eigenvalue weighted by atomic mass is 9.98. The number of nitrogens with one attached hydrogen (secondary N) is 2. The Hall–Kier alpha value is -3.35. The predicted molar refractivity (Wildman–Crippen MR) is 133 cm³/mol. The van der Waals surface area contributed by atoms with E-state index in [4.69, 9.17) is 9.84 Å². The van der Waals surface area contributed by atoms with E-state index < -0.39 is 12.1 Å². The van der Waals surface area contributed by atoms with Crippen molar-refractivity contribution in [3.63, 3.8) is 0 Å². The molecule has 2 aliphatic carbocycles. The molecule has 0 saturated heterocycles. The summed E-state index contributed by atoms with van der Waals surface area (Å²) < 4.78 is 5.59. The zero-order valence-corrected chi connectivity index (χ0v) is 20.2. The molecule has 3 N–H and O–H groups in total. The standard InChI is InChI=1S/C28H34N2O5/c1-18(7-6-12-26(31)30-20-14-13-19(15-20)16-27(32)33)29-28(34)35-17-25-23-10-4-2-8-21(23)22-9-3-5-11-24(22)25/h2-5,8-11,18-20,25H,6-7,12-17H2,1H3,(H,29,34)(H,30,31)(H,32,33). The maximum Gasteiger partial charge on any atom is 0.407 e. The van der Waals surface area contributed by atoms with E-state index in [2.05, 4.69) is 34.9 Å². The Balaban J connectivity index is 1.16. The lowest BCUT2D eigenvalue weighted by molar-refractivity contribution is -0.138. The van der Waals surface area contributed by atoms with Crippen LogP contribution >= 0.6 is 0 Å². The summed E-state index contributed by atoms with van der Waals surface area (Å²) in [5.74, 6) is -0.615. The lowest BCUT2D eigenvalue weighted by Gasteiger charge is -2.17. The zero-order valence-electron chi connectivity index (χ0n) is 20.2. The average Bonchev–Trinajstić information content (AvgIpc) is 3.39. The van der Waals surface area contributed by atoms with Gasteiger partial charge in [0.2, 0.25) is 5.91 Å². The molecule has 0 aromatic heterocycles. The maximum absolute atomic E-state index is 12.4. The van der Waals surface area contributed by atoms with Gasteiger partial charge in [-0.2, -0.15) is 0 Å². The second-order valence-electron chi connectivity index (χ2n) is 9.80. The Morgan fingerprint density at radius 3 is 2.34 bits per heavy atom.